The van der Waals surface area contributed by atoms with Crippen molar-refractivity contribution in [2.45, 2.75) is 21.1 Å². The summed E-state index contributed by atoms with van der Waals surface area (Å²) in [6, 6.07) is 3.14. The lowest BCUT2D eigenvalue weighted by Gasteiger charge is -2.04. The molecule has 0 aromatic carbocycles. The largest absolute Gasteiger partial charge is 0.513 e. The van der Waals surface area contributed by atoms with Gasteiger partial charge in [-0.3, -0.25) is 4.79 Å². The number of carbonyl (C=O) groups is 2. The van der Waals surface area contributed by atoms with E-state index in [1.807, 2.05) is 0 Å². The smallest absolute Gasteiger partial charge is 0.434 e. The summed E-state index contributed by atoms with van der Waals surface area (Å²) >= 11 is 0. The molecule has 23 heavy (non-hydrogen) atoms. The third-order valence-corrected chi connectivity index (χ3v) is 2.30. The van der Waals surface area contributed by atoms with Gasteiger partial charge in [0.15, 0.2) is 12.4 Å². The quantitative estimate of drug-likeness (QED) is 0.244. The summed E-state index contributed by atoms with van der Waals surface area (Å²) in [5, 5.41) is 11.5. The number of hydrogen-bond donors (Lipinski definition) is 1. The van der Waals surface area contributed by atoms with E-state index in [-0.39, 0.29) is 33.9 Å². The Morgan fingerprint density at radius 1 is 1.39 bits per heavy atom. The molecule has 0 saturated heterocycles. The molecule has 10 nitrogen and oxygen atoms in total. The zero-order valence-electron chi connectivity index (χ0n) is 11.9. The van der Waals surface area contributed by atoms with Gasteiger partial charge in [0.2, 0.25) is 0 Å². The monoisotopic (exact) mass is 330 g/mol. The minimum atomic E-state index is -0.935. The van der Waals surface area contributed by atoms with E-state index in [0.717, 1.165) is 0 Å². The number of amides is 1. The molecule has 1 aromatic rings. The Morgan fingerprint density at radius 3 is 2.78 bits per heavy atom. The van der Waals surface area contributed by atoms with Gasteiger partial charge in [0, 0.05) is 12.6 Å². The molecule has 0 bridgehead atoms. The molecule has 1 rings (SSSR count). The Labute approximate surface area is 133 Å². The van der Waals surface area contributed by atoms with Crippen molar-refractivity contribution >= 4 is 12.1 Å². The first-order valence-corrected chi connectivity index (χ1v) is 6.37. The van der Waals surface area contributed by atoms with E-state index < -0.39 is 17.1 Å². The van der Waals surface area contributed by atoms with Crippen molar-refractivity contribution < 1.29 is 33.6 Å². The molecule has 10 heteroatoms. The SMILES string of the molecule is C.CCOC(=O)OC[n+]1cccc(C(=O)NCCO[N+](=O)[O-])c1. The molecular formula is C13H20N3O7+. The van der Waals surface area contributed by atoms with Crippen LogP contribution in [0.3, 0.4) is 0 Å². The van der Waals surface area contributed by atoms with Gasteiger partial charge in [-0.1, -0.05) is 7.43 Å². The maximum atomic E-state index is 11.8. The highest BCUT2D eigenvalue weighted by atomic mass is 16.9. The summed E-state index contributed by atoms with van der Waals surface area (Å²) in [4.78, 5) is 36.9. The van der Waals surface area contributed by atoms with Crippen LogP contribution in [0.15, 0.2) is 24.5 Å². The Hall–Kier alpha value is -2.91. The molecule has 0 radical (unpaired) electrons. The lowest BCUT2D eigenvalue weighted by atomic mass is 10.2. The molecule has 1 amide bonds. The van der Waals surface area contributed by atoms with Gasteiger partial charge in [-0.25, -0.2) is 4.79 Å². The van der Waals surface area contributed by atoms with Crippen LogP contribution in [0.2, 0.25) is 0 Å². The summed E-state index contributed by atoms with van der Waals surface area (Å²) in [7, 11) is 0. The van der Waals surface area contributed by atoms with E-state index in [9.17, 15) is 19.7 Å². The predicted octanol–water partition coefficient (Wildman–Crippen LogP) is 0.679. The van der Waals surface area contributed by atoms with Crippen LogP contribution in [-0.4, -0.2) is 36.9 Å². The highest BCUT2D eigenvalue weighted by Gasteiger charge is 2.12. The van der Waals surface area contributed by atoms with Crippen LogP contribution in [0.25, 0.3) is 0 Å². The molecule has 0 spiro atoms. The average Bonchev–Trinajstić information content (AvgIpc) is 2.50. The summed E-state index contributed by atoms with van der Waals surface area (Å²) in [5.74, 6) is -0.433. The first-order valence-electron chi connectivity index (χ1n) is 6.37. The van der Waals surface area contributed by atoms with Crippen molar-refractivity contribution in [3.05, 3.63) is 40.2 Å². The average molecular weight is 330 g/mol. The molecule has 0 atom stereocenters. The van der Waals surface area contributed by atoms with Crippen molar-refractivity contribution in [3.63, 3.8) is 0 Å². The molecule has 1 N–H and O–H groups in total. The fraction of sp³-hybridized carbons (Fsp3) is 0.462. The van der Waals surface area contributed by atoms with Crippen LogP contribution in [0.5, 0.6) is 0 Å². The zero-order valence-corrected chi connectivity index (χ0v) is 11.9. The van der Waals surface area contributed by atoms with Crippen molar-refractivity contribution in [2.24, 2.45) is 0 Å². The number of nitrogens with zero attached hydrogens (tertiary/aromatic N) is 2. The minimum Gasteiger partial charge on any atom is -0.434 e. The third-order valence-electron chi connectivity index (χ3n) is 2.30. The van der Waals surface area contributed by atoms with Gasteiger partial charge in [0.25, 0.3) is 17.7 Å². The van der Waals surface area contributed by atoms with Crippen molar-refractivity contribution in [1.29, 1.82) is 0 Å². The van der Waals surface area contributed by atoms with Crippen LogP contribution >= 0.6 is 0 Å². The van der Waals surface area contributed by atoms with Crippen LogP contribution in [0.4, 0.5) is 4.79 Å². The lowest BCUT2D eigenvalue weighted by molar-refractivity contribution is -0.757. The Bertz CT molecular complexity index is 536. The predicted molar refractivity (Wildman–Crippen MR) is 76.8 cm³/mol. The fourth-order valence-corrected chi connectivity index (χ4v) is 1.41. The highest BCUT2D eigenvalue weighted by Crippen LogP contribution is 1.95. The molecule has 0 saturated carbocycles. The van der Waals surface area contributed by atoms with Gasteiger partial charge < -0.3 is 19.6 Å². The first-order chi connectivity index (χ1) is 10.5. The number of pyridine rings is 1. The molecule has 0 aliphatic rings. The second-order valence-electron chi connectivity index (χ2n) is 3.88. The van der Waals surface area contributed by atoms with E-state index in [4.69, 9.17) is 4.74 Å². The van der Waals surface area contributed by atoms with E-state index in [1.165, 1.54) is 10.8 Å². The Kier molecular flexibility index (Phi) is 9.40. The maximum absolute atomic E-state index is 11.8. The van der Waals surface area contributed by atoms with E-state index >= 15 is 0 Å². The first kappa shape index (κ1) is 20.1. The summed E-state index contributed by atoms with van der Waals surface area (Å²) < 4.78 is 10.9. The molecule has 0 aliphatic carbocycles. The van der Waals surface area contributed by atoms with Crippen molar-refractivity contribution in [1.82, 2.24) is 5.32 Å². The minimum absolute atomic E-state index is 0. The van der Waals surface area contributed by atoms with Crippen molar-refractivity contribution in [3.8, 4) is 0 Å². The van der Waals surface area contributed by atoms with Gasteiger partial charge in [-0.15, -0.1) is 10.1 Å². The Morgan fingerprint density at radius 2 is 2.13 bits per heavy atom. The molecule has 0 fully saturated rings. The molecular weight excluding hydrogens is 310 g/mol. The van der Waals surface area contributed by atoms with Crippen LogP contribution < -0.4 is 9.88 Å². The number of aromatic nitrogens is 1. The number of rotatable bonds is 8. The second-order valence-corrected chi connectivity index (χ2v) is 3.88. The maximum Gasteiger partial charge on any atom is 0.513 e. The highest BCUT2D eigenvalue weighted by molar-refractivity contribution is 5.93. The fourth-order valence-electron chi connectivity index (χ4n) is 1.41. The third kappa shape index (κ3) is 8.19. The topological polar surface area (TPSA) is 121 Å². The standard InChI is InChI=1S/C12H15N3O7.CH4/c1-2-20-12(17)21-9-14-6-3-4-10(8-14)11(16)13-5-7-22-15(18)19;/h3-4,6,8H,2,5,7,9H2,1H3;1H4/p+1. The number of hydrogen-bond acceptors (Lipinski definition) is 7. The molecule has 1 aromatic heterocycles. The van der Waals surface area contributed by atoms with Crippen LogP contribution in [0.1, 0.15) is 24.7 Å². The zero-order chi connectivity index (χ0) is 16.4. The summed E-state index contributed by atoms with van der Waals surface area (Å²) in [6.45, 7) is 1.51. The van der Waals surface area contributed by atoms with E-state index in [0.29, 0.717) is 5.56 Å². The van der Waals surface area contributed by atoms with Gasteiger partial charge in [0.1, 0.15) is 12.2 Å². The number of carbonyl (C=O) groups excluding carboxylic acids is 2. The van der Waals surface area contributed by atoms with E-state index in [2.05, 4.69) is 14.9 Å². The summed E-state index contributed by atoms with van der Waals surface area (Å²) in [6.07, 6.45) is 2.26. The molecule has 128 valence electrons. The van der Waals surface area contributed by atoms with Crippen molar-refractivity contribution in [2.75, 3.05) is 19.8 Å². The summed E-state index contributed by atoms with van der Waals surface area (Å²) in [5.41, 5.74) is 0.302. The normalized spacial score (nSPS) is 9.26. The van der Waals surface area contributed by atoms with Gasteiger partial charge in [-0.2, -0.15) is 4.57 Å². The van der Waals surface area contributed by atoms with Gasteiger partial charge in [-0.05, 0) is 13.0 Å². The lowest BCUT2D eigenvalue weighted by Crippen LogP contribution is -2.38. The number of ether oxygens (including phenoxy) is 2. The Balaban J connectivity index is 0.00000484. The van der Waals surface area contributed by atoms with Crippen LogP contribution in [0, 0.1) is 10.1 Å². The van der Waals surface area contributed by atoms with Gasteiger partial charge in [0.05, 0.1) is 6.61 Å². The van der Waals surface area contributed by atoms with Gasteiger partial charge >= 0.3 is 6.16 Å². The van der Waals surface area contributed by atoms with Crippen LogP contribution in [-0.2, 0) is 21.0 Å². The molecule has 0 aliphatic heterocycles. The molecule has 1 heterocycles. The van der Waals surface area contributed by atoms with E-state index in [1.54, 1.807) is 25.3 Å². The second kappa shape index (κ2) is 10.8. The number of nitrogens with one attached hydrogen (secondary N) is 1. The molecule has 0 unspecified atom stereocenters.